The Balaban J connectivity index is 1.16. The number of cyclic esters (lactones) is 1. The summed E-state index contributed by atoms with van der Waals surface area (Å²) in [7, 11) is 1.82. The number of oxime groups is 1. The molecule has 13 heteroatoms. The molecule has 12 nitrogen and oxygen atoms in total. The third-order valence-electron chi connectivity index (χ3n) is 6.44. The van der Waals surface area contributed by atoms with E-state index in [0.29, 0.717) is 47.7 Å². The van der Waals surface area contributed by atoms with Crippen molar-refractivity contribution in [3.8, 4) is 11.1 Å². The number of nitrogens with zero attached hydrogens (tertiary/aromatic N) is 7. The van der Waals surface area contributed by atoms with E-state index >= 15 is 4.39 Å². The molecule has 0 saturated carbocycles. The number of esters is 1. The molecule has 0 spiro atoms. The van der Waals surface area contributed by atoms with Crippen LogP contribution in [0.25, 0.3) is 11.1 Å². The van der Waals surface area contributed by atoms with Crippen molar-refractivity contribution in [1.29, 1.82) is 0 Å². The number of likely N-dealkylation sites (N-methyl/N-ethyl adjacent to an activating group) is 1. The van der Waals surface area contributed by atoms with E-state index in [-0.39, 0.29) is 25.2 Å². The average Bonchev–Trinajstić information content (AvgIpc) is 3.65. The number of hydrogen-bond acceptors (Lipinski definition) is 10. The Hall–Kier alpha value is -4.39. The second-order valence-corrected chi connectivity index (χ2v) is 11.1. The molecule has 216 valence electrons. The number of anilines is 1. The molecule has 2 aromatic heterocycles. The first kappa shape index (κ1) is 28.1. The Kier molecular flexibility index (Phi) is 7.97. The van der Waals surface area contributed by atoms with Crippen molar-refractivity contribution >= 4 is 23.5 Å². The number of aromatic nitrogens is 4. The Bertz CT molecular complexity index is 1420. The van der Waals surface area contributed by atoms with Gasteiger partial charge in [-0.3, -0.25) is 19.6 Å². The fraction of sp³-hybridized carbons (Fsp3) is 0.429. The molecule has 2 aliphatic rings. The van der Waals surface area contributed by atoms with Gasteiger partial charge in [0.1, 0.15) is 29.3 Å². The zero-order valence-corrected chi connectivity index (χ0v) is 23.4. The molecule has 4 heterocycles. The molecule has 0 radical (unpaired) electrons. The number of amides is 1. The number of rotatable bonds is 9. The number of ether oxygens (including phenoxy) is 2. The SMILES string of the molecule is CN(CC(=O)OC(C)(C)C)C[C@@H]1CC(c2ccc(-c3ccc(N4CC(Cn5ccnn5)OC4=O)cc3F)cn2)=NO1. The lowest BCUT2D eigenvalue weighted by Gasteiger charge is -2.23. The second kappa shape index (κ2) is 11.6. The van der Waals surface area contributed by atoms with Gasteiger partial charge < -0.3 is 14.3 Å². The molecular formula is C28H32FN7O5. The first-order chi connectivity index (χ1) is 19.5. The summed E-state index contributed by atoms with van der Waals surface area (Å²) in [6.45, 7) is 6.77. The zero-order chi connectivity index (χ0) is 29.1. The zero-order valence-electron chi connectivity index (χ0n) is 23.4. The smallest absolute Gasteiger partial charge is 0.414 e. The molecule has 5 rings (SSSR count). The molecule has 0 N–H and O–H groups in total. The van der Waals surface area contributed by atoms with Gasteiger partial charge in [0.25, 0.3) is 0 Å². The van der Waals surface area contributed by atoms with Crippen LogP contribution < -0.4 is 4.90 Å². The van der Waals surface area contributed by atoms with E-state index in [2.05, 4.69) is 20.5 Å². The van der Waals surface area contributed by atoms with Gasteiger partial charge in [0.2, 0.25) is 0 Å². The molecule has 0 bridgehead atoms. The molecule has 41 heavy (non-hydrogen) atoms. The minimum atomic E-state index is -0.540. The Morgan fingerprint density at radius 3 is 2.73 bits per heavy atom. The van der Waals surface area contributed by atoms with Crippen LogP contribution in [0, 0.1) is 5.82 Å². The summed E-state index contributed by atoms with van der Waals surface area (Å²) in [6, 6.07) is 8.15. The lowest BCUT2D eigenvalue weighted by Crippen LogP contribution is -2.36. The standard InChI is InChI=1S/C28H32FN7O5/c1-28(2,3)40-26(37)17-34(4)14-20-12-25(32-41-20)24-8-5-18(13-30-24)22-7-6-19(11-23(22)29)36-16-21(39-27(36)38)15-35-10-9-31-33-35/h5-11,13,20-21H,12,14-17H2,1-4H3/t20-,21?/m0/s1. The first-order valence-electron chi connectivity index (χ1n) is 13.3. The predicted molar refractivity (Wildman–Crippen MR) is 147 cm³/mol. The third kappa shape index (κ3) is 7.04. The second-order valence-electron chi connectivity index (χ2n) is 11.1. The van der Waals surface area contributed by atoms with Crippen molar-refractivity contribution in [2.75, 3.05) is 31.6 Å². The lowest BCUT2D eigenvalue weighted by molar-refractivity contribution is -0.156. The maximum absolute atomic E-state index is 15.2. The summed E-state index contributed by atoms with van der Waals surface area (Å²) in [6.07, 6.45) is 4.15. The Morgan fingerprint density at radius 1 is 1.22 bits per heavy atom. The Labute approximate surface area is 236 Å². The van der Waals surface area contributed by atoms with Crippen LogP contribution in [0.15, 0.2) is 54.1 Å². The van der Waals surface area contributed by atoms with E-state index in [1.165, 1.54) is 11.0 Å². The predicted octanol–water partition coefficient (Wildman–Crippen LogP) is 3.27. The van der Waals surface area contributed by atoms with E-state index in [1.54, 1.807) is 47.5 Å². The van der Waals surface area contributed by atoms with Gasteiger partial charge in [0, 0.05) is 36.5 Å². The average molecular weight is 566 g/mol. The van der Waals surface area contributed by atoms with Crippen LogP contribution in [0.2, 0.25) is 0 Å². The van der Waals surface area contributed by atoms with Gasteiger partial charge >= 0.3 is 12.1 Å². The molecule has 1 aromatic carbocycles. The lowest BCUT2D eigenvalue weighted by atomic mass is 10.0. The minimum absolute atomic E-state index is 0.145. The van der Waals surface area contributed by atoms with Crippen LogP contribution in [0.4, 0.5) is 14.9 Å². The third-order valence-corrected chi connectivity index (χ3v) is 6.44. The largest absolute Gasteiger partial charge is 0.459 e. The van der Waals surface area contributed by atoms with E-state index in [9.17, 15) is 9.59 Å². The van der Waals surface area contributed by atoms with Gasteiger partial charge in [-0.1, -0.05) is 16.4 Å². The molecule has 2 aliphatic heterocycles. The normalized spacial score (nSPS) is 18.8. The van der Waals surface area contributed by atoms with Gasteiger partial charge in [-0.05, 0) is 52.1 Å². The number of halogens is 1. The molecule has 2 atom stereocenters. The molecule has 1 saturated heterocycles. The molecule has 1 amide bonds. The first-order valence-corrected chi connectivity index (χ1v) is 13.3. The maximum Gasteiger partial charge on any atom is 0.414 e. The topological polar surface area (TPSA) is 124 Å². The number of hydrogen-bond donors (Lipinski definition) is 0. The molecular weight excluding hydrogens is 533 g/mol. The summed E-state index contributed by atoms with van der Waals surface area (Å²) in [5.74, 6) is -0.788. The molecule has 1 unspecified atom stereocenters. The van der Waals surface area contributed by atoms with Crippen molar-refractivity contribution in [2.24, 2.45) is 5.16 Å². The summed E-state index contributed by atoms with van der Waals surface area (Å²) in [5.41, 5.74) is 2.11. The summed E-state index contributed by atoms with van der Waals surface area (Å²) < 4.78 is 27.5. The van der Waals surface area contributed by atoms with Crippen LogP contribution in [0.5, 0.6) is 0 Å². The molecule has 3 aromatic rings. The summed E-state index contributed by atoms with van der Waals surface area (Å²) in [4.78, 5) is 37.7. The van der Waals surface area contributed by atoms with Crippen LogP contribution in [-0.4, -0.2) is 87.1 Å². The van der Waals surface area contributed by atoms with Gasteiger partial charge in [-0.25, -0.2) is 13.9 Å². The van der Waals surface area contributed by atoms with Crippen molar-refractivity contribution in [3.63, 3.8) is 0 Å². The highest BCUT2D eigenvalue weighted by Crippen LogP contribution is 2.29. The van der Waals surface area contributed by atoms with Crippen molar-refractivity contribution in [2.45, 2.75) is 51.5 Å². The van der Waals surface area contributed by atoms with Crippen LogP contribution >= 0.6 is 0 Å². The fourth-order valence-electron chi connectivity index (χ4n) is 4.68. The number of carbonyl (C=O) groups is 2. The minimum Gasteiger partial charge on any atom is -0.459 e. The van der Waals surface area contributed by atoms with Crippen LogP contribution in [0.1, 0.15) is 32.9 Å². The van der Waals surface area contributed by atoms with Gasteiger partial charge in [0.05, 0.1) is 37.2 Å². The Morgan fingerprint density at radius 2 is 2.05 bits per heavy atom. The fourth-order valence-corrected chi connectivity index (χ4v) is 4.68. The van der Waals surface area contributed by atoms with Crippen molar-refractivity contribution in [1.82, 2.24) is 24.9 Å². The van der Waals surface area contributed by atoms with Crippen LogP contribution in [0.3, 0.4) is 0 Å². The van der Waals surface area contributed by atoms with E-state index in [4.69, 9.17) is 14.3 Å². The van der Waals surface area contributed by atoms with Gasteiger partial charge in [-0.15, -0.1) is 5.10 Å². The molecule has 1 fully saturated rings. The summed E-state index contributed by atoms with van der Waals surface area (Å²) >= 11 is 0. The highest BCUT2D eigenvalue weighted by Gasteiger charge is 2.33. The van der Waals surface area contributed by atoms with Crippen molar-refractivity contribution in [3.05, 3.63) is 60.4 Å². The highest BCUT2D eigenvalue weighted by atomic mass is 19.1. The number of pyridine rings is 1. The van der Waals surface area contributed by atoms with E-state index in [1.807, 2.05) is 32.7 Å². The van der Waals surface area contributed by atoms with Gasteiger partial charge in [0.15, 0.2) is 0 Å². The van der Waals surface area contributed by atoms with Crippen molar-refractivity contribution < 1.29 is 28.3 Å². The highest BCUT2D eigenvalue weighted by molar-refractivity contribution is 5.99. The maximum atomic E-state index is 15.2. The number of carbonyl (C=O) groups excluding carboxylic acids is 2. The van der Waals surface area contributed by atoms with E-state index in [0.717, 1.165) is 0 Å². The quantitative estimate of drug-likeness (QED) is 0.360. The molecule has 0 aliphatic carbocycles. The van der Waals surface area contributed by atoms with Gasteiger partial charge in [-0.2, -0.15) is 0 Å². The van der Waals surface area contributed by atoms with Crippen LogP contribution in [-0.2, 0) is 25.7 Å². The number of benzene rings is 1. The monoisotopic (exact) mass is 565 g/mol. The van der Waals surface area contributed by atoms with E-state index < -0.39 is 23.6 Å². The summed E-state index contributed by atoms with van der Waals surface area (Å²) in [5, 5.41) is 11.8.